The molecule has 1 aliphatic rings. The van der Waals surface area contributed by atoms with E-state index in [0.717, 1.165) is 0 Å². The summed E-state index contributed by atoms with van der Waals surface area (Å²) >= 11 is 0. The molecule has 2 aromatic rings. The van der Waals surface area contributed by atoms with Crippen molar-refractivity contribution in [3.05, 3.63) is 69.7 Å². The highest BCUT2D eigenvalue weighted by molar-refractivity contribution is 6.06. The molecule has 27 heavy (non-hydrogen) atoms. The van der Waals surface area contributed by atoms with Crippen molar-refractivity contribution in [3.63, 3.8) is 0 Å². The number of aromatic nitrogens is 2. The molecule has 8 heteroatoms. The molecular formula is C19H18N4O4. The summed E-state index contributed by atoms with van der Waals surface area (Å²) in [4.78, 5) is 41.8. The lowest BCUT2D eigenvalue weighted by Crippen LogP contribution is -2.16. The minimum absolute atomic E-state index is 0.116. The highest BCUT2D eigenvalue weighted by Gasteiger charge is 2.22. The van der Waals surface area contributed by atoms with Crippen LogP contribution in [0.15, 0.2) is 53.9 Å². The van der Waals surface area contributed by atoms with Crippen molar-refractivity contribution in [2.24, 2.45) is 5.41 Å². The molecule has 0 saturated carbocycles. The van der Waals surface area contributed by atoms with Gasteiger partial charge in [0.1, 0.15) is 5.65 Å². The molecule has 8 nitrogen and oxygen atoms in total. The number of anilines is 1. The monoisotopic (exact) mass is 366 g/mol. The maximum absolute atomic E-state index is 12.7. The van der Waals surface area contributed by atoms with Crippen LogP contribution in [0.4, 0.5) is 5.69 Å². The number of fused-ring (bicyclic) bond motifs is 1. The Morgan fingerprint density at radius 3 is 2.70 bits per heavy atom. The summed E-state index contributed by atoms with van der Waals surface area (Å²) in [6.45, 7) is 5.15. The maximum atomic E-state index is 12.7. The lowest BCUT2D eigenvalue weighted by Gasteiger charge is -2.14. The van der Waals surface area contributed by atoms with Gasteiger partial charge in [0, 0.05) is 35.5 Å². The summed E-state index contributed by atoms with van der Waals surface area (Å²) < 4.78 is 0. The van der Waals surface area contributed by atoms with Gasteiger partial charge in [-0.1, -0.05) is 26.0 Å². The highest BCUT2D eigenvalue weighted by Crippen LogP contribution is 2.27. The molecule has 0 aromatic carbocycles. The van der Waals surface area contributed by atoms with Gasteiger partial charge in [0.15, 0.2) is 5.78 Å². The SMILES string of the molecule is CC(=O)c1cc2cc(NC(=O)C3=CC(C)(C)C=CC([N+](=O)[O-])=C3)cnc2[nH]1. The minimum Gasteiger partial charge on any atom is -0.337 e. The molecule has 2 N–H and O–H groups in total. The second-order valence-corrected chi connectivity index (χ2v) is 6.94. The molecule has 0 fully saturated rings. The minimum atomic E-state index is -0.532. The number of nitrogens with one attached hydrogen (secondary N) is 2. The molecule has 0 saturated heterocycles. The smallest absolute Gasteiger partial charge is 0.269 e. The topological polar surface area (TPSA) is 118 Å². The van der Waals surface area contributed by atoms with Gasteiger partial charge < -0.3 is 10.3 Å². The van der Waals surface area contributed by atoms with Crippen LogP contribution in [0.2, 0.25) is 0 Å². The molecule has 1 aliphatic carbocycles. The first-order valence-corrected chi connectivity index (χ1v) is 8.24. The molecule has 2 aromatic heterocycles. The Kier molecular flexibility index (Phi) is 4.49. The third-order valence-electron chi connectivity index (χ3n) is 4.09. The number of H-pyrrole nitrogens is 1. The van der Waals surface area contributed by atoms with Gasteiger partial charge in [-0.3, -0.25) is 19.7 Å². The molecule has 2 heterocycles. The van der Waals surface area contributed by atoms with E-state index in [-0.39, 0.29) is 17.1 Å². The highest BCUT2D eigenvalue weighted by atomic mass is 16.6. The lowest BCUT2D eigenvalue weighted by molar-refractivity contribution is -0.419. The van der Waals surface area contributed by atoms with Gasteiger partial charge in [-0.25, -0.2) is 4.98 Å². The molecule has 138 valence electrons. The predicted molar refractivity (Wildman–Crippen MR) is 101 cm³/mol. The number of amides is 1. The van der Waals surface area contributed by atoms with E-state index in [1.165, 1.54) is 25.3 Å². The molecule has 0 atom stereocenters. The normalized spacial score (nSPS) is 15.7. The van der Waals surface area contributed by atoms with Gasteiger partial charge in [-0.05, 0) is 12.1 Å². The third-order valence-corrected chi connectivity index (χ3v) is 4.09. The summed E-state index contributed by atoms with van der Waals surface area (Å²) in [5.41, 5.74) is 0.905. The number of hydrogen-bond acceptors (Lipinski definition) is 5. The predicted octanol–water partition coefficient (Wildman–Crippen LogP) is 3.39. The number of carbonyl (C=O) groups is 2. The molecule has 1 amide bonds. The Bertz CT molecular complexity index is 1060. The number of nitro groups is 1. The largest absolute Gasteiger partial charge is 0.337 e. The van der Waals surface area contributed by atoms with Crippen LogP contribution in [0, 0.1) is 15.5 Å². The van der Waals surface area contributed by atoms with Crippen LogP contribution in [0.25, 0.3) is 11.0 Å². The average Bonchev–Trinajstić information content (AvgIpc) is 2.92. The maximum Gasteiger partial charge on any atom is 0.269 e. The van der Waals surface area contributed by atoms with Crippen LogP contribution >= 0.6 is 0 Å². The molecule has 0 unspecified atom stereocenters. The molecular weight excluding hydrogens is 348 g/mol. The number of carbonyl (C=O) groups excluding carboxylic acids is 2. The van der Waals surface area contributed by atoms with Crippen LogP contribution in [0.3, 0.4) is 0 Å². The van der Waals surface area contributed by atoms with Crippen molar-refractivity contribution >= 4 is 28.4 Å². The van der Waals surface area contributed by atoms with Crippen molar-refractivity contribution in [1.82, 2.24) is 9.97 Å². The summed E-state index contributed by atoms with van der Waals surface area (Å²) in [5, 5.41) is 14.5. The van der Waals surface area contributed by atoms with E-state index in [1.807, 2.05) is 13.8 Å². The number of aromatic amines is 1. The van der Waals surface area contributed by atoms with Gasteiger partial charge in [-0.15, -0.1) is 0 Å². The number of pyridine rings is 1. The van der Waals surface area contributed by atoms with Crippen LogP contribution in [-0.4, -0.2) is 26.6 Å². The molecule has 0 bridgehead atoms. The number of allylic oxidation sites excluding steroid dienone is 3. The summed E-state index contributed by atoms with van der Waals surface area (Å²) in [6, 6.07) is 3.34. The molecule has 3 rings (SSSR count). The third kappa shape index (κ3) is 4.00. The van der Waals surface area contributed by atoms with Gasteiger partial charge in [0.2, 0.25) is 0 Å². The van der Waals surface area contributed by atoms with Gasteiger partial charge in [0.25, 0.3) is 11.6 Å². The lowest BCUT2D eigenvalue weighted by atomic mass is 9.91. The van der Waals surface area contributed by atoms with E-state index in [9.17, 15) is 19.7 Å². The number of hydrogen-bond donors (Lipinski definition) is 2. The molecule has 0 radical (unpaired) electrons. The van der Waals surface area contributed by atoms with Crippen molar-refractivity contribution < 1.29 is 14.5 Å². The Morgan fingerprint density at radius 1 is 1.30 bits per heavy atom. The fourth-order valence-electron chi connectivity index (χ4n) is 2.72. The van der Waals surface area contributed by atoms with Gasteiger partial charge in [0.05, 0.1) is 22.5 Å². The number of rotatable bonds is 4. The zero-order chi connectivity index (χ0) is 19.8. The Morgan fingerprint density at radius 2 is 2.04 bits per heavy atom. The first-order valence-electron chi connectivity index (χ1n) is 8.24. The van der Waals surface area contributed by atoms with E-state index in [1.54, 1.807) is 24.3 Å². The second-order valence-electron chi connectivity index (χ2n) is 6.94. The van der Waals surface area contributed by atoms with Gasteiger partial charge >= 0.3 is 0 Å². The van der Waals surface area contributed by atoms with Crippen molar-refractivity contribution in [2.75, 3.05) is 5.32 Å². The standard InChI is InChI=1S/C19H18N4O4/c1-11(24)16-8-12-6-14(10-20-17(12)22-16)21-18(25)13-7-15(23(26)27)4-5-19(2,3)9-13/h4-10H,1-3H3,(H,20,22)(H,21,25). The first kappa shape index (κ1) is 18.2. The van der Waals surface area contributed by atoms with Crippen molar-refractivity contribution in [2.45, 2.75) is 20.8 Å². The second kappa shape index (κ2) is 6.64. The van der Waals surface area contributed by atoms with Crippen LogP contribution in [0.1, 0.15) is 31.3 Å². The fraction of sp³-hybridized carbons (Fsp3) is 0.211. The molecule has 0 aliphatic heterocycles. The fourth-order valence-corrected chi connectivity index (χ4v) is 2.72. The first-order chi connectivity index (χ1) is 12.6. The average molecular weight is 366 g/mol. The Balaban J connectivity index is 1.90. The van der Waals surface area contributed by atoms with Crippen LogP contribution in [-0.2, 0) is 4.79 Å². The quantitative estimate of drug-likeness (QED) is 0.488. The molecule has 0 spiro atoms. The Hall–Kier alpha value is -3.55. The van der Waals surface area contributed by atoms with Crippen molar-refractivity contribution in [3.8, 4) is 0 Å². The number of ketones is 1. The van der Waals surface area contributed by atoms with E-state index in [4.69, 9.17) is 0 Å². The van der Waals surface area contributed by atoms with Gasteiger partial charge in [-0.2, -0.15) is 0 Å². The van der Waals surface area contributed by atoms with Crippen LogP contribution in [0.5, 0.6) is 0 Å². The zero-order valence-corrected chi connectivity index (χ0v) is 15.1. The van der Waals surface area contributed by atoms with E-state index >= 15 is 0 Å². The zero-order valence-electron chi connectivity index (χ0n) is 15.1. The summed E-state index contributed by atoms with van der Waals surface area (Å²) in [7, 11) is 0. The number of nitrogens with zero attached hydrogens (tertiary/aromatic N) is 2. The van der Waals surface area contributed by atoms with E-state index < -0.39 is 16.2 Å². The van der Waals surface area contributed by atoms with E-state index in [0.29, 0.717) is 22.4 Å². The summed E-state index contributed by atoms with van der Waals surface area (Å²) in [6.07, 6.45) is 7.45. The Labute approximate surface area is 154 Å². The summed E-state index contributed by atoms with van der Waals surface area (Å²) in [5.74, 6) is -0.594. The van der Waals surface area contributed by atoms with Crippen molar-refractivity contribution in [1.29, 1.82) is 0 Å². The van der Waals surface area contributed by atoms with E-state index in [2.05, 4.69) is 15.3 Å². The van der Waals surface area contributed by atoms with Crippen LogP contribution < -0.4 is 5.32 Å². The number of Topliss-reactive ketones (excluding diaryl/α,β-unsaturated/α-hetero) is 1.